The first-order chi connectivity index (χ1) is 7.76. The van der Waals surface area contributed by atoms with Crippen LogP contribution in [0.25, 0.3) is 0 Å². The first kappa shape index (κ1) is 12.9. The van der Waals surface area contributed by atoms with Crippen molar-refractivity contribution < 1.29 is 0 Å². The van der Waals surface area contributed by atoms with Gasteiger partial charge in [0.25, 0.3) is 0 Å². The maximum Gasteiger partial charge on any atom is 0.164 e. The molecule has 0 bridgehead atoms. The molecule has 1 aromatic heterocycles. The SMILES string of the molecule is C=CCCC(CCC)NCc1n[nH]c(C)n1. The van der Waals surface area contributed by atoms with E-state index < -0.39 is 0 Å². The van der Waals surface area contributed by atoms with Gasteiger partial charge in [0.05, 0.1) is 6.54 Å². The molecule has 16 heavy (non-hydrogen) atoms. The number of allylic oxidation sites excluding steroid dienone is 1. The number of nitrogens with one attached hydrogen (secondary N) is 2. The number of hydrogen-bond donors (Lipinski definition) is 2. The summed E-state index contributed by atoms with van der Waals surface area (Å²) in [6.45, 7) is 8.62. The van der Waals surface area contributed by atoms with Gasteiger partial charge < -0.3 is 5.32 Å². The van der Waals surface area contributed by atoms with Crippen molar-refractivity contribution in [2.24, 2.45) is 0 Å². The molecule has 1 atom stereocenters. The maximum absolute atomic E-state index is 4.27. The third-order valence-corrected chi connectivity index (χ3v) is 2.55. The van der Waals surface area contributed by atoms with Crippen LogP contribution in [0.2, 0.25) is 0 Å². The zero-order valence-electron chi connectivity index (χ0n) is 10.3. The molecule has 1 aromatic rings. The van der Waals surface area contributed by atoms with E-state index in [1.165, 1.54) is 12.8 Å². The molecule has 1 heterocycles. The molecule has 1 unspecified atom stereocenters. The van der Waals surface area contributed by atoms with Gasteiger partial charge in [0.2, 0.25) is 0 Å². The lowest BCUT2D eigenvalue weighted by molar-refractivity contribution is 0.444. The van der Waals surface area contributed by atoms with Crippen molar-refractivity contribution in [1.82, 2.24) is 20.5 Å². The van der Waals surface area contributed by atoms with Crippen LogP contribution in [0.15, 0.2) is 12.7 Å². The van der Waals surface area contributed by atoms with Gasteiger partial charge in [-0.15, -0.1) is 6.58 Å². The largest absolute Gasteiger partial charge is 0.307 e. The van der Waals surface area contributed by atoms with E-state index in [1.54, 1.807) is 0 Å². The van der Waals surface area contributed by atoms with Gasteiger partial charge in [0, 0.05) is 6.04 Å². The van der Waals surface area contributed by atoms with Gasteiger partial charge in [-0.1, -0.05) is 19.4 Å². The summed E-state index contributed by atoms with van der Waals surface area (Å²) < 4.78 is 0. The van der Waals surface area contributed by atoms with Crippen LogP contribution >= 0.6 is 0 Å². The second-order valence-corrected chi connectivity index (χ2v) is 4.07. The van der Waals surface area contributed by atoms with Crippen LogP contribution in [-0.4, -0.2) is 21.2 Å². The Morgan fingerprint density at radius 3 is 2.88 bits per heavy atom. The van der Waals surface area contributed by atoms with E-state index in [0.29, 0.717) is 6.04 Å². The zero-order chi connectivity index (χ0) is 11.8. The Bertz CT molecular complexity index is 306. The van der Waals surface area contributed by atoms with Crippen molar-refractivity contribution in [1.29, 1.82) is 0 Å². The third-order valence-electron chi connectivity index (χ3n) is 2.55. The second-order valence-electron chi connectivity index (χ2n) is 4.07. The molecule has 0 saturated carbocycles. The normalized spacial score (nSPS) is 12.6. The molecule has 0 amide bonds. The molecule has 0 aliphatic carbocycles. The van der Waals surface area contributed by atoms with Crippen molar-refractivity contribution >= 4 is 0 Å². The molecule has 4 nitrogen and oxygen atoms in total. The molecule has 0 radical (unpaired) electrons. The molecule has 0 fully saturated rings. The molecule has 0 aliphatic heterocycles. The Labute approximate surface area is 97.6 Å². The Morgan fingerprint density at radius 1 is 1.50 bits per heavy atom. The van der Waals surface area contributed by atoms with Gasteiger partial charge in [0.15, 0.2) is 5.82 Å². The predicted molar refractivity (Wildman–Crippen MR) is 66.1 cm³/mol. The van der Waals surface area contributed by atoms with Crippen LogP contribution in [0.4, 0.5) is 0 Å². The number of H-pyrrole nitrogens is 1. The van der Waals surface area contributed by atoms with Gasteiger partial charge in [-0.25, -0.2) is 4.98 Å². The van der Waals surface area contributed by atoms with Crippen molar-refractivity contribution in [2.45, 2.75) is 52.1 Å². The molecule has 0 saturated heterocycles. The zero-order valence-corrected chi connectivity index (χ0v) is 10.3. The van der Waals surface area contributed by atoms with Crippen LogP contribution < -0.4 is 5.32 Å². The quantitative estimate of drug-likeness (QED) is 0.664. The highest BCUT2D eigenvalue weighted by Crippen LogP contribution is 2.06. The van der Waals surface area contributed by atoms with Crippen LogP contribution in [0.3, 0.4) is 0 Å². The number of aryl methyl sites for hydroxylation is 1. The Kier molecular flexibility index (Phi) is 5.78. The summed E-state index contributed by atoms with van der Waals surface area (Å²) in [7, 11) is 0. The Hall–Kier alpha value is -1.16. The Morgan fingerprint density at radius 2 is 2.31 bits per heavy atom. The molecular formula is C12H22N4. The number of rotatable bonds is 8. The highest BCUT2D eigenvalue weighted by atomic mass is 15.2. The first-order valence-corrected chi connectivity index (χ1v) is 5.98. The molecular weight excluding hydrogens is 200 g/mol. The number of aromatic amines is 1. The van der Waals surface area contributed by atoms with Crippen molar-refractivity contribution in [3.05, 3.63) is 24.3 Å². The van der Waals surface area contributed by atoms with Crippen molar-refractivity contribution in [3.63, 3.8) is 0 Å². The highest BCUT2D eigenvalue weighted by molar-refractivity contribution is 4.87. The average Bonchev–Trinajstić information content (AvgIpc) is 2.68. The molecule has 0 spiro atoms. The highest BCUT2D eigenvalue weighted by Gasteiger charge is 2.07. The first-order valence-electron chi connectivity index (χ1n) is 5.98. The summed E-state index contributed by atoms with van der Waals surface area (Å²) in [6, 6.07) is 0.543. The van der Waals surface area contributed by atoms with E-state index in [2.05, 4.69) is 34.0 Å². The summed E-state index contributed by atoms with van der Waals surface area (Å²) in [5.41, 5.74) is 0. The minimum absolute atomic E-state index is 0.543. The van der Waals surface area contributed by atoms with E-state index in [1.807, 2.05) is 13.0 Å². The van der Waals surface area contributed by atoms with E-state index in [-0.39, 0.29) is 0 Å². The van der Waals surface area contributed by atoms with Crippen LogP contribution in [-0.2, 0) is 6.54 Å². The maximum atomic E-state index is 4.27. The van der Waals surface area contributed by atoms with Gasteiger partial charge in [0.1, 0.15) is 5.82 Å². The minimum Gasteiger partial charge on any atom is -0.307 e. The molecule has 2 N–H and O–H groups in total. The number of nitrogens with zero attached hydrogens (tertiary/aromatic N) is 2. The lowest BCUT2D eigenvalue weighted by atomic mass is 10.1. The van der Waals surface area contributed by atoms with Crippen LogP contribution in [0.1, 0.15) is 44.3 Å². The van der Waals surface area contributed by atoms with E-state index in [9.17, 15) is 0 Å². The van der Waals surface area contributed by atoms with Crippen LogP contribution in [0, 0.1) is 6.92 Å². The van der Waals surface area contributed by atoms with Gasteiger partial charge >= 0.3 is 0 Å². The lowest BCUT2D eigenvalue weighted by Gasteiger charge is -2.16. The van der Waals surface area contributed by atoms with Crippen molar-refractivity contribution in [3.8, 4) is 0 Å². The summed E-state index contributed by atoms with van der Waals surface area (Å²) in [5, 5.41) is 10.5. The van der Waals surface area contributed by atoms with E-state index >= 15 is 0 Å². The summed E-state index contributed by atoms with van der Waals surface area (Å²) in [4.78, 5) is 4.27. The molecule has 0 aliphatic rings. The molecule has 1 rings (SSSR count). The minimum atomic E-state index is 0.543. The average molecular weight is 222 g/mol. The summed E-state index contributed by atoms with van der Waals surface area (Å²) >= 11 is 0. The smallest absolute Gasteiger partial charge is 0.164 e. The van der Waals surface area contributed by atoms with Gasteiger partial charge in [-0.2, -0.15) is 5.10 Å². The number of hydrogen-bond acceptors (Lipinski definition) is 3. The van der Waals surface area contributed by atoms with E-state index in [0.717, 1.165) is 31.0 Å². The second kappa shape index (κ2) is 7.17. The van der Waals surface area contributed by atoms with Gasteiger partial charge in [-0.05, 0) is 26.2 Å². The molecule has 90 valence electrons. The summed E-state index contributed by atoms with van der Waals surface area (Å²) in [5.74, 6) is 1.71. The Balaban J connectivity index is 2.33. The van der Waals surface area contributed by atoms with Crippen LogP contribution in [0.5, 0.6) is 0 Å². The third kappa shape index (κ3) is 4.57. The van der Waals surface area contributed by atoms with Gasteiger partial charge in [-0.3, -0.25) is 5.10 Å². The monoisotopic (exact) mass is 222 g/mol. The standard InChI is InChI=1S/C12H22N4/c1-4-6-8-11(7-5-2)13-9-12-14-10(3)15-16-12/h4,11,13H,1,5-9H2,2-3H3,(H,14,15,16). The molecule has 0 aromatic carbocycles. The topological polar surface area (TPSA) is 53.6 Å². The summed E-state index contributed by atoms with van der Waals surface area (Å²) in [6.07, 6.45) is 6.56. The fourth-order valence-corrected chi connectivity index (χ4v) is 1.72. The van der Waals surface area contributed by atoms with Crippen molar-refractivity contribution in [2.75, 3.05) is 0 Å². The fraction of sp³-hybridized carbons (Fsp3) is 0.667. The predicted octanol–water partition coefficient (Wildman–Crippen LogP) is 2.34. The van der Waals surface area contributed by atoms with E-state index in [4.69, 9.17) is 0 Å². The molecule has 4 heteroatoms. The number of aromatic nitrogens is 3. The fourth-order valence-electron chi connectivity index (χ4n) is 1.72. The lowest BCUT2D eigenvalue weighted by Crippen LogP contribution is -2.28.